The van der Waals surface area contributed by atoms with E-state index in [9.17, 15) is 0 Å². The smallest absolute Gasteiger partial charge is 0.0707 e. The molecule has 0 bridgehead atoms. The number of nitrogens with one attached hydrogen (secondary N) is 1. The molecular formula is C17H29N3. The second-order valence-electron chi connectivity index (χ2n) is 5.64. The summed E-state index contributed by atoms with van der Waals surface area (Å²) in [7, 11) is 0. The molecule has 0 aliphatic heterocycles. The fourth-order valence-corrected chi connectivity index (χ4v) is 2.98. The Bertz CT molecular complexity index is 445. The van der Waals surface area contributed by atoms with Gasteiger partial charge in [-0.15, -0.1) is 0 Å². The summed E-state index contributed by atoms with van der Waals surface area (Å²) in [5, 5.41) is 8.46. The second-order valence-corrected chi connectivity index (χ2v) is 5.64. The predicted octanol–water partition coefficient (Wildman–Crippen LogP) is 4.01. The van der Waals surface area contributed by atoms with E-state index >= 15 is 0 Å². The van der Waals surface area contributed by atoms with Gasteiger partial charge in [-0.2, -0.15) is 5.10 Å². The molecule has 1 aliphatic rings. The van der Waals surface area contributed by atoms with E-state index < -0.39 is 0 Å². The van der Waals surface area contributed by atoms with Gasteiger partial charge in [0.2, 0.25) is 0 Å². The van der Waals surface area contributed by atoms with Crippen molar-refractivity contribution in [1.82, 2.24) is 15.1 Å². The summed E-state index contributed by atoms with van der Waals surface area (Å²) in [5.74, 6) is 0. The van der Waals surface area contributed by atoms with Crippen LogP contribution in [-0.4, -0.2) is 16.3 Å². The molecule has 0 fully saturated rings. The van der Waals surface area contributed by atoms with Crippen LogP contribution in [0.1, 0.15) is 70.3 Å². The summed E-state index contributed by atoms with van der Waals surface area (Å²) in [4.78, 5) is 0. The minimum atomic E-state index is 0.364. The first kappa shape index (κ1) is 15.3. The summed E-state index contributed by atoms with van der Waals surface area (Å²) < 4.78 is 2.18. The Labute approximate surface area is 123 Å². The summed E-state index contributed by atoms with van der Waals surface area (Å²) in [6, 6.07) is 2.66. The van der Waals surface area contributed by atoms with Gasteiger partial charge in [-0.1, -0.05) is 25.5 Å². The summed E-state index contributed by atoms with van der Waals surface area (Å²) >= 11 is 0. The molecular weight excluding hydrogens is 246 g/mol. The van der Waals surface area contributed by atoms with Gasteiger partial charge < -0.3 is 5.32 Å². The molecule has 1 aromatic rings. The van der Waals surface area contributed by atoms with E-state index in [0.29, 0.717) is 6.04 Å². The van der Waals surface area contributed by atoms with Crippen LogP contribution in [0.3, 0.4) is 0 Å². The van der Waals surface area contributed by atoms with Gasteiger partial charge in [-0.3, -0.25) is 4.68 Å². The van der Waals surface area contributed by atoms with Crippen molar-refractivity contribution < 1.29 is 0 Å². The molecule has 0 aromatic carbocycles. The first-order valence-corrected chi connectivity index (χ1v) is 8.29. The number of aryl methyl sites for hydroxylation is 2. The van der Waals surface area contributed by atoms with E-state index in [0.717, 1.165) is 19.5 Å². The number of allylic oxidation sites excluding steroid dienone is 1. The first-order valence-electron chi connectivity index (χ1n) is 8.29. The Hall–Kier alpha value is -1.09. The van der Waals surface area contributed by atoms with Crippen LogP contribution in [0.2, 0.25) is 0 Å². The maximum atomic E-state index is 4.72. The van der Waals surface area contributed by atoms with Crippen molar-refractivity contribution in [1.29, 1.82) is 0 Å². The molecule has 112 valence electrons. The third kappa shape index (κ3) is 3.51. The highest BCUT2D eigenvalue weighted by Gasteiger charge is 2.21. The van der Waals surface area contributed by atoms with Crippen molar-refractivity contribution in [3.8, 4) is 0 Å². The van der Waals surface area contributed by atoms with Gasteiger partial charge in [0.1, 0.15) is 0 Å². The molecule has 1 unspecified atom stereocenters. The van der Waals surface area contributed by atoms with Crippen molar-refractivity contribution >= 4 is 0 Å². The van der Waals surface area contributed by atoms with Crippen LogP contribution >= 0.6 is 0 Å². The summed E-state index contributed by atoms with van der Waals surface area (Å²) in [6.07, 6.45) is 9.78. The maximum Gasteiger partial charge on any atom is 0.0707 e. The lowest BCUT2D eigenvalue weighted by molar-refractivity contribution is 0.499. The van der Waals surface area contributed by atoms with E-state index in [-0.39, 0.29) is 0 Å². The van der Waals surface area contributed by atoms with Crippen LogP contribution in [0.4, 0.5) is 0 Å². The van der Waals surface area contributed by atoms with E-state index in [1.54, 1.807) is 5.57 Å². The Morgan fingerprint density at radius 3 is 2.75 bits per heavy atom. The third-order valence-corrected chi connectivity index (χ3v) is 4.11. The molecule has 0 saturated heterocycles. The van der Waals surface area contributed by atoms with Crippen LogP contribution in [0.25, 0.3) is 0 Å². The molecule has 3 heteroatoms. The van der Waals surface area contributed by atoms with Crippen LogP contribution in [0, 0.1) is 0 Å². The van der Waals surface area contributed by atoms with Gasteiger partial charge >= 0.3 is 0 Å². The van der Waals surface area contributed by atoms with Crippen molar-refractivity contribution in [2.75, 3.05) is 6.54 Å². The summed E-state index contributed by atoms with van der Waals surface area (Å²) in [6.45, 7) is 8.61. The van der Waals surface area contributed by atoms with Gasteiger partial charge in [0.15, 0.2) is 0 Å². The number of nitrogens with zero attached hydrogens (tertiary/aromatic N) is 2. The number of aromatic nitrogens is 2. The first-order chi connectivity index (χ1) is 9.80. The molecule has 1 N–H and O–H groups in total. The zero-order chi connectivity index (χ0) is 14.4. The van der Waals surface area contributed by atoms with E-state index in [1.807, 2.05) is 0 Å². The summed E-state index contributed by atoms with van der Waals surface area (Å²) in [5.41, 5.74) is 4.13. The van der Waals surface area contributed by atoms with Crippen molar-refractivity contribution in [2.45, 2.75) is 71.9 Å². The SMILES string of the molecule is CCCNC(C1=CCCCC1)c1cc(CC)nn1CC. The molecule has 1 aromatic heterocycles. The van der Waals surface area contributed by atoms with Gasteiger partial charge in [0.05, 0.1) is 17.4 Å². The van der Waals surface area contributed by atoms with E-state index in [1.165, 1.54) is 43.5 Å². The van der Waals surface area contributed by atoms with Crippen molar-refractivity contribution in [3.05, 3.63) is 29.1 Å². The Morgan fingerprint density at radius 2 is 2.15 bits per heavy atom. The standard InChI is InChI=1S/C17H29N3/c1-4-12-18-17(14-10-8-7-9-11-14)16-13-15(5-2)19-20(16)6-3/h10,13,17-18H,4-9,11-12H2,1-3H3. The topological polar surface area (TPSA) is 29.9 Å². The number of hydrogen-bond donors (Lipinski definition) is 1. The van der Waals surface area contributed by atoms with Gasteiger partial charge in [0, 0.05) is 6.54 Å². The van der Waals surface area contributed by atoms with Gasteiger partial charge in [0.25, 0.3) is 0 Å². The zero-order valence-corrected chi connectivity index (χ0v) is 13.3. The van der Waals surface area contributed by atoms with Crippen LogP contribution in [-0.2, 0) is 13.0 Å². The maximum absolute atomic E-state index is 4.72. The second kappa shape index (κ2) is 7.63. The van der Waals surface area contributed by atoms with Crippen molar-refractivity contribution in [3.63, 3.8) is 0 Å². The molecule has 1 heterocycles. The highest BCUT2D eigenvalue weighted by Crippen LogP contribution is 2.30. The highest BCUT2D eigenvalue weighted by atomic mass is 15.3. The Kier molecular flexibility index (Phi) is 5.84. The fraction of sp³-hybridized carbons (Fsp3) is 0.706. The monoisotopic (exact) mass is 275 g/mol. The van der Waals surface area contributed by atoms with E-state index in [4.69, 9.17) is 5.10 Å². The molecule has 3 nitrogen and oxygen atoms in total. The fourth-order valence-electron chi connectivity index (χ4n) is 2.98. The molecule has 1 atom stereocenters. The van der Waals surface area contributed by atoms with Gasteiger partial charge in [-0.25, -0.2) is 0 Å². The van der Waals surface area contributed by atoms with Crippen molar-refractivity contribution in [2.24, 2.45) is 0 Å². The molecule has 2 rings (SSSR count). The number of rotatable bonds is 7. The van der Waals surface area contributed by atoms with Crippen LogP contribution in [0.5, 0.6) is 0 Å². The lowest BCUT2D eigenvalue weighted by Crippen LogP contribution is -2.27. The quantitative estimate of drug-likeness (QED) is 0.762. The largest absolute Gasteiger partial charge is 0.305 e. The molecule has 1 aliphatic carbocycles. The highest BCUT2D eigenvalue weighted by molar-refractivity contribution is 5.26. The van der Waals surface area contributed by atoms with Crippen LogP contribution < -0.4 is 5.32 Å². The lowest BCUT2D eigenvalue weighted by Gasteiger charge is -2.25. The lowest BCUT2D eigenvalue weighted by atomic mass is 9.92. The third-order valence-electron chi connectivity index (χ3n) is 4.11. The van der Waals surface area contributed by atoms with Crippen LogP contribution in [0.15, 0.2) is 17.7 Å². The Morgan fingerprint density at radius 1 is 1.30 bits per heavy atom. The number of hydrogen-bond acceptors (Lipinski definition) is 2. The molecule has 0 radical (unpaired) electrons. The van der Waals surface area contributed by atoms with E-state index in [2.05, 4.69) is 42.9 Å². The average Bonchev–Trinajstić information content (AvgIpc) is 2.92. The molecule has 0 saturated carbocycles. The molecule has 0 spiro atoms. The molecule has 20 heavy (non-hydrogen) atoms. The minimum Gasteiger partial charge on any atom is -0.305 e. The average molecular weight is 275 g/mol. The normalized spacial score (nSPS) is 17.1. The Balaban J connectivity index is 2.29. The predicted molar refractivity (Wildman–Crippen MR) is 84.9 cm³/mol. The van der Waals surface area contributed by atoms with Gasteiger partial charge in [-0.05, 0) is 58.1 Å². The molecule has 0 amide bonds. The zero-order valence-electron chi connectivity index (χ0n) is 13.3. The minimum absolute atomic E-state index is 0.364.